The number of nitrogens with zero attached hydrogens (tertiary/aromatic N) is 3. The summed E-state index contributed by atoms with van der Waals surface area (Å²) in [5, 5.41) is 2.95. The molecule has 1 rings (SSSR count). The van der Waals surface area contributed by atoms with Crippen molar-refractivity contribution in [3.63, 3.8) is 0 Å². The first-order valence-corrected chi connectivity index (χ1v) is 6.42. The third-order valence-corrected chi connectivity index (χ3v) is 3.02. The van der Waals surface area contributed by atoms with Crippen molar-refractivity contribution in [2.24, 2.45) is 5.92 Å². The molecular weight excluding hydrogens is 228 g/mol. The van der Waals surface area contributed by atoms with E-state index >= 15 is 0 Å². The van der Waals surface area contributed by atoms with E-state index in [2.05, 4.69) is 29.1 Å². The summed E-state index contributed by atoms with van der Waals surface area (Å²) >= 11 is 0. The molecule has 0 aromatic carbocycles. The summed E-state index contributed by atoms with van der Waals surface area (Å²) < 4.78 is 0. The van der Waals surface area contributed by atoms with Gasteiger partial charge >= 0.3 is 0 Å². The highest BCUT2D eigenvalue weighted by atomic mass is 16.2. The summed E-state index contributed by atoms with van der Waals surface area (Å²) in [6.07, 6.45) is 5.52. The van der Waals surface area contributed by atoms with Crippen LogP contribution in [0.1, 0.15) is 26.7 Å². The number of likely N-dealkylation sites (N-methyl/N-ethyl adjacent to an activating group) is 1. The molecule has 0 saturated heterocycles. The molecule has 5 heteroatoms. The van der Waals surface area contributed by atoms with Gasteiger partial charge in [-0.3, -0.25) is 4.79 Å². The Morgan fingerprint density at radius 1 is 1.33 bits per heavy atom. The predicted octanol–water partition coefficient (Wildman–Crippen LogP) is 1.47. The lowest BCUT2D eigenvalue weighted by molar-refractivity contribution is -0.119. The lowest BCUT2D eigenvalue weighted by Gasteiger charge is -2.18. The fraction of sp³-hybridized carbons (Fsp3) is 0.615. The summed E-state index contributed by atoms with van der Waals surface area (Å²) in [5.74, 6) is 1.14. The van der Waals surface area contributed by atoms with Crippen molar-refractivity contribution < 1.29 is 4.79 Å². The number of nitrogens with one attached hydrogen (secondary N) is 1. The molecule has 5 nitrogen and oxygen atoms in total. The van der Waals surface area contributed by atoms with Gasteiger partial charge in [-0.15, -0.1) is 0 Å². The highest BCUT2D eigenvalue weighted by Crippen LogP contribution is 2.05. The number of carbonyl (C=O) groups is 1. The zero-order valence-corrected chi connectivity index (χ0v) is 11.4. The third-order valence-electron chi connectivity index (χ3n) is 3.02. The van der Waals surface area contributed by atoms with Gasteiger partial charge in [0.1, 0.15) is 0 Å². The van der Waals surface area contributed by atoms with Crippen molar-refractivity contribution in [1.82, 2.24) is 15.3 Å². The van der Waals surface area contributed by atoms with Gasteiger partial charge in [-0.25, -0.2) is 9.97 Å². The fourth-order valence-corrected chi connectivity index (χ4v) is 1.67. The van der Waals surface area contributed by atoms with Crippen LogP contribution < -0.4 is 10.2 Å². The van der Waals surface area contributed by atoms with Gasteiger partial charge in [-0.2, -0.15) is 0 Å². The lowest BCUT2D eigenvalue weighted by Crippen LogP contribution is -2.38. The van der Waals surface area contributed by atoms with Crippen LogP contribution in [0, 0.1) is 5.92 Å². The normalized spacial score (nSPS) is 10.4. The van der Waals surface area contributed by atoms with E-state index in [-0.39, 0.29) is 12.5 Å². The molecule has 0 atom stereocenters. The van der Waals surface area contributed by atoms with E-state index < -0.39 is 0 Å². The van der Waals surface area contributed by atoms with E-state index in [1.807, 2.05) is 7.05 Å². The van der Waals surface area contributed by atoms with Gasteiger partial charge in [0.25, 0.3) is 0 Å². The summed E-state index contributed by atoms with van der Waals surface area (Å²) in [7, 11) is 1.81. The molecule has 0 radical (unpaired) electrons. The van der Waals surface area contributed by atoms with E-state index in [9.17, 15) is 4.79 Å². The molecular formula is C13H22N4O. The molecule has 0 aliphatic carbocycles. The number of hydrogen-bond donors (Lipinski definition) is 1. The summed E-state index contributed by atoms with van der Waals surface area (Å²) in [6.45, 7) is 5.31. The third kappa shape index (κ3) is 4.69. The van der Waals surface area contributed by atoms with Crippen LogP contribution in [0.25, 0.3) is 0 Å². The minimum atomic E-state index is 0.0110. The van der Waals surface area contributed by atoms with E-state index in [1.54, 1.807) is 23.4 Å². The van der Waals surface area contributed by atoms with Gasteiger partial charge in [-0.05, 0) is 12.0 Å². The number of carbonyl (C=O) groups excluding carboxylic acids is 1. The number of anilines is 1. The first-order valence-electron chi connectivity index (χ1n) is 6.42. The Bertz CT molecular complexity index is 351. The van der Waals surface area contributed by atoms with E-state index in [1.165, 1.54) is 0 Å². The molecule has 0 bridgehead atoms. The molecule has 18 heavy (non-hydrogen) atoms. The maximum Gasteiger partial charge on any atom is 0.239 e. The monoisotopic (exact) mass is 250 g/mol. The number of rotatable bonds is 7. The minimum Gasteiger partial charge on any atom is -0.354 e. The van der Waals surface area contributed by atoms with Crippen LogP contribution in [0.15, 0.2) is 18.5 Å². The molecule has 0 fully saturated rings. The van der Waals surface area contributed by atoms with Crippen molar-refractivity contribution in [3.05, 3.63) is 18.5 Å². The van der Waals surface area contributed by atoms with Crippen LogP contribution in [0.4, 0.5) is 5.95 Å². The van der Waals surface area contributed by atoms with E-state index in [4.69, 9.17) is 0 Å². The SMILES string of the molecule is CCC(CC)CNC(=O)CN(C)c1ncccn1. The zero-order valence-electron chi connectivity index (χ0n) is 11.4. The first-order chi connectivity index (χ1) is 8.67. The summed E-state index contributed by atoms with van der Waals surface area (Å²) in [5.41, 5.74) is 0. The van der Waals surface area contributed by atoms with Crippen LogP contribution in [0.5, 0.6) is 0 Å². The quantitative estimate of drug-likeness (QED) is 0.796. The van der Waals surface area contributed by atoms with Gasteiger partial charge in [0, 0.05) is 26.0 Å². The smallest absolute Gasteiger partial charge is 0.239 e. The predicted molar refractivity (Wildman–Crippen MR) is 72.4 cm³/mol. The topological polar surface area (TPSA) is 58.1 Å². The van der Waals surface area contributed by atoms with Gasteiger partial charge in [0.2, 0.25) is 11.9 Å². The van der Waals surface area contributed by atoms with Gasteiger partial charge in [0.15, 0.2) is 0 Å². The number of aromatic nitrogens is 2. The van der Waals surface area contributed by atoms with Gasteiger partial charge in [-0.1, -0.05) is 26.7 Å². The Hall–Kier alpha value is -1.65. The zero-order chi connectivity index (χ0) is 13.4. The molecule has 1 heterocycles. The van der Waals surface area contributed by atoms with Crippen molar-refractivity contribution in [2.45, 2.75) is 26.7 Å². The Morgan fingerprint density at radius 2 is 1.94 bits per heavy atom. The Kier molecular flexibility index (Phi) is 6.11. The molecule has 1 aromatic rings. The maximum atomic E-state index is 11.8. The van der Waals surface area contributed by atoms with Crippen molar-refractivity contribution in [2.75, 3.05) is 25.0 Å². The molecule has 1 aromatic heterocycles. The Balaban J connectivity index is 2.36. The molecule has 0 aliphatic heterocycles. The highest BCUT2D eigenvalue weighted by Gasteiger charge is 2.10. The number of hydrogen-bond acceptors (Lipinski definition) is 4. The number of amides is 1. The van der Waals surface area contributed by atoms with Crippen LogP contribution >= 0.6 is 0 Å². The lowest BCUT2D eigenvalue weighted by atomic mass is 10.0. The summed E-state index contributed by atoms with van der Waals surface area (Å²) in [4.78, 5) is 21.7. The average molecular weight is 250 g/mol. The van der Waals surface area contributed by atoms with Crippen molar-refractivity contribution >= 4 is 11.9 Å². The second kappa shape index (κ2) is 7.63. The highest BCUT2D eigenvalue weighted by molar-refractivity contribution is 5.80. The molecule has 0 saturated carbocycles. The van der Waals surface area contributed by atoms with Crippen molar-refractivity contribution in [3.8, 4) is 0 Å². The molecule has 100 valence electrons. The fourth-order valence-electron chi connectivity index (χ4n) is 1.67. The molecule has 1 amide bonds. The Morgan fingerprint density at radius 3 is 2.50 bits per heavy atom. The molecule has 1 N–H and O–H groups in total. The van der Waals surface area contributed by atoms with Gasteiger partial charge in [0.05, 0.1) is 6.54 Å². The van der Waals surface area contributed by atoms with Crippen LogP contribution in [0.3, 0.4) is 0 Å². The van der Waals surface area contributed by atoms with E-state index in [0.717, 1.165) is 19.4 Å². The van der Waals surface area contributed by atoms with E-state index in [0.29, 0.717) is 11.9 Å². The minimum absolute atomic E-state index is 0.0110. The molecule has 0 spiro atoms. The second-order valence-electron chi connectivity index (χ2n) is 4.39. The standard InChI is InChI=1S/C13H22N4O/c1-4-11(5-2)9-16-12(18)10-17(3)13-14-7-6-8-15-13/h6-8,11H,4-5,9-10H2,1-3H3,(H,16,18). The van der Waals surface area contributed by atoms with Gasteiger partial charge < -0.3 is 10.2 Å². The Labute approximate surface area is 109 Å². The largest absolute Gasteiger partial charge is 0.354 e. The first kappa shape index (κ1) is 14.4. The van der Waals surface area contributed by atoms with Crippen LogP contribution in [-0.4, -0.2) is 36.0 Å². The summed E-state index contributed by atoms with van der Waals surface area (Å²) in [6, 6.07) is 1.75. The second-order valence-corrected chi connectivity index (χ2v) is 4.39. The molecule has 0 unspecified atom stereocenters. The van der Waals surface area contributed by atoms with Crippen LogP contribution in [0.2, 0.25) is 0 Å². The molecule has 0 aliphatic rings. The van der Waals surface area contributed by atoms with Crippen molar-refractivity contribution in [1.29, 1.82) is 0 Å². The average Bonchev–Trinajstić information content (AvgIpc) is 2.41. The van der Waals surface area contributed by atoms with Crippen LogP contribution in [-0.2, 0) is 4.79 Å². The maximum absolute atomic E-state index is 11.8.